The molecule has 1 unspecified atom stereocenters. The Morgan fingerprint density at radius 1 is 1.24 bits per heavy atom. The van der Waals surface area contributed by atoms with Gasteiger partial charge in [-0.05, 0) is 26.3 Å². The number of alkyl halides is 2. The van der Waals surface area contributed by atoms with Crippen molar-refractivity contribution in [3.63, 3.8) is 0 Å². The number of likely N-dealkylation sites (tertiary alicyclic amines) is 1. The van der Waals surface area contributed by atoms with E-state index in [4.69, 9.17) is 4.74 Å². The molecule has 0 spiro atoms. The summed E-state index contributed by atoms with van der Waals surface area (Å²) in [4.78, 5) is 25.0. The molecule has 1 aromatic rings. The lowest BCUT2D eigenvalue weighted by Gasteiger charge is -2.24. The van der Waals surface area contributed by atoms with Crippen LogP contribution in [0.3, 0.4) is 0 Å². The summed E-state index contributed by atoms with van der Waals surface area (Å²) in [6.07, 6.45) is -1.47. The Bertz CT molecular complexity index is 614. The quantitative estimate of drug-likeness (QED) is 0.904. The average Bonchev–Trinajstić information content (AvgIpc) is 2.93. The lowest BCUT2D eigenvalue weighted by atomic mass is 10.1. The van der Waals surface area contributed by atoms with Gasteiger partial charge in [0.2, 0.25) is 0 Å². The fourth-order valence-electron chi connectivity index (χ4n) is 2.66. The van der Waals surface area contributed by atoms with E-state index in [0.29, 0.717) is 12.0 Å². The molecule has 0 radical (unpaired) electrons. The molecule has 25 heavy (non-hydrogen) atoms. The van der Waals surface area contributed by atoms with Gasteiger partial charge in [0.25, 0.3) is 5.91 Å². The molecule has 1 aliphatic heterocycles. The van der Waals surface area contributed by atoms with Crippen molar-refractivity contribution in [1.29, 1.82) is 0 Å². The van der Waals surface area contributed by atoms with E-state index < -0.39 is 36.0 Å². The predicted octanol–water partition coefficient (Wildman–Crippen LogP) is 2.99. The first-order valence-electron chi connectivity index (χ1n) is 8.27. The van der Waals surface area contributed by atoms with Crippen LogP contribution in [0.15, 0.2) is 30.3 Å². The van der Waals surface area contributed by atoms with Crippen molar-refractivity contribution in [2.24, 2.45) is 0 Å². The van der Waals surface area contributed by atoms with E-state index in [1.807, 2.05) is 20.8 Å². The number of benzene rings is 1. The van der Waals surface area contributed by atoms with Crippen LogP contribution >= 0.6 is 0 Å². The van der Waals surface area contributed by atoms with Crippen LogP contribution < -0.4 is 5.32 Å². The van der Waals surface area contributed by atoms with Gasteiger partial charge in [0, 0.05) is 24.9 Å². The molecule has 1 saturated heterocycles. The smallest absolute Gasteiger partial charge is 0.407 e. The van der Waals surface area contributed by atoms with Crippen molar-refractivity contribution in [2.75, 3.05) is 13.1 Å². The number of rotatable bonds is 4. The molecule has 0 saturated carbocycles. The minimum Gasteiger partial charge on any atom is -0.444 e. The number of carbonyl (C=O) groups excluding carboxylic acids is 2. The van der Waals surface area contributed by atoms with E-state index in [0.717, 1.165) is 4.90 Å². The molecule has 1 fully saturated rings. The monoisotopic (exact) mass is 354 g/mol. The third-order valence-corrected chi connectivity index (χ3v) is 3.76. The van der Waals surface area contributed by atoms with E-state index in [2.05, 4.69) is 5.32 Å². The summed E-state index contributed by atoms with van der Waals surface area (Å²) in [6.45, 7) is 5.56. The number of halogens is 2. The zero-order chi connectivity index (χ0) is 18.7. The van der Waals surface area contributed by atoms with Crippen molar-refractivity contribution in [3.8, 4) is 0 Å². The molecule has 7 heteroatoms. The summed E-state index contributed by atoms with van der Waals surface area (Å²) in [5.74, 6) is -4.71. The van der Waals surface area contributed by atoms with Gasteiger partial charge in [-0.1, -0.05) is 30.3 Å². The second kappa shape index (κ2) is 7.37. The van der Waals surface area contributed by atoms with Gasteiger partial charge in [0.1, 0.15) is 6.10 Å². The second-order valence-electron chi connectivity index (χ2n) is 7.31. The van der Waals surface area contributed by atoms with Crippen molar-refractivity contribution >= 4 is 12.0 Å². The van der Waals surface area contributed by atoms with Gasteiger partial charge < -0.3 is 15.0 Å². The molecule has 1 heterocycles. The van der Waals surface area contributed by atoms with E-state index in [9.17, 15) is 18.4 Å². The highest BCUT2D eigenvalue weighted by molar-refractivity contribution is 5.84. The topological polar surface area (TPSA) is 58.6 Å². The van der Waals surface area contributed by atoms with Crippen LogP contribution in [-0.4, -0.2) is 47.6 Å². The highest BCUT2D eigenvalue weighted by Crippen LogP contribution is 2.26. The van der Waals surface area contributed by atoms with Crippen molar-refractivity contribution < 1.29 is 23.1 Å². The Hall–Kier alpha value is -2.18. The van der Waals surface area contributed by atoms with Crippen LogP contribution in [0.2, 0.25) is 0 Å². The number of amides is 2. The fourth-order valence-corrected chi connectivity index (χ4v) is 2.66. The second-order valence-corrected chi connectivity index (χ2v) is 7.31. The van der Waals surface area contributed by atoms with Gasteiger partial charge in [-0.15, -0.1) is 0 Å². The Morgan fingerprint density at radius 2 is 1.88 bits per heavy atom. The van der Waals surface area contributed by atoms with Gasteiger partial charge in [0.05, 0.1) is 6.54 Å². The number of carbonyl (C=O) groups is 2. The van der Waals surface area contributed by atoms with E-state index >= 15 is 0 Å². The maximum Gasteiger partial charge on any atom is 0.407 e. The van der Waals surface area contributed by atoms with E-state index in [-0.39, 0.29) is 13.1 Å². The van der Waals surface area contributed by atoms with E-state index in [1.54, 1.807) is 30.3 Å². The zero-order valence-corrected chi connectivity index (χ0v) is 14.7. The molecule has 1 N–H and O–H groups in total. The van der Waals surface area contributed by atoms with Crippen LogP contribution in [0, 0.1) is 0 Å². The third kappa shape index (κ3) is 5.69. The lowest BCUT2D eigenvalue weighted by Crippen LogP contribution is -2.45. The average molecular weight is 354 g/mol. The predicted molar refractivity (Wildman–Crippen MR) is 89.4 cm³/mol. The van der Waals surface area contributed by atoms with Crippen molar-refractivity contribution in [2.45, 2.75) is 51.2 Å². The lowest BCUT2D eigenvalue weighted by molar-refractivity contribution is -0.156. The molecule has 5 nitrogen and oxygen atoms in total. The Balaban J connectivity index is 1.90. The van der Waals surface area contributed by atoms with Crippen LogP contribution in [0.1, 0.15) is 32.8 Å². The maximum absolute atomic E-state index is 14.3. The molecule has 0 aromatic heterocycles. The molecule has 1 aliphatic rings. The first kappa shape index (κ1) is 19.1. The van der Waals surface area contributed by atoms with Crippen LogP contribution in [0.5, 0.6) is 0 Å². The largest absolute Gasteiger partial charge is 0.444 e. The maximum atomic E-state index is 14.3. The van der Waals surface area contributed by atoms with Crippen LogP contribution in [0.25, 0.3) is 0 Å². The summed E-state index contributed by atoms with van der Waals surface area (Å²) in [7, 11) is 0. The zero-order valence-electron chi connectivity index (χ0n) is 14.7. The van der Waals surface area contributed by atoms with E-state index in [1.165, 1.54) is 0 Å². The molecule has 1 aromatic carbocycles. The van der Waals surface area contributed by atoms with Gasteiger partial charge in [0.15, 0.2) is 0 Å². The Labute approximate surface area is 146 Å². The number of nitrogens with zero attached hydrogens (tertiary/aromatic N) is 1. The normalized spacial score (nSPS) is 18.1. The van der Waals surface area contributed by atoms with Crippen molar-refractivity contribution in [3.05, 3.63) is 35.9 Å². The van der Waals surface area contributed by atoms with Crippen molar-refractivity contribution in [1.82, 2.24) is 10.2 Å². The number of alkyl carbamates (subject to hydrolysis) is 1. The Morgan fingerprint density at radius 3 is 2.48 bits per heavy atom. The van der Waals surface area contributed by atoms with Crippen LogP contribution in [-0.2, 0) is 16.0 Å². The molecule has 138 valence electrons. The molecular weight excluding hydrogens is 330 g/mol. The highest BCUT2D eigenvalue weighted by Gasteiger charge is 2.44. The minimum atomic E-state index is -3.48. The summed E-state index contributed by atoms with van der Waals surface area (Å²) in [5.41, 5.74) is -0.0501. The summed E-state index contributed by atoms with van der Waals surface area (Å²) < 4.78 is 33.7. The first-order valence-corrected chi connectivity index (χ1v) is 8.27. The van der Waals surface area contributed by atoms with Gasteiger partial charge in [-0.25, -0.2) is 4.79 Å². The number of ether oxygens (including phenoxy) is 1. The summed E-state index contributed by atoms with van der Waals surface area (Å²) >= 11 is 0. The summed E-state index contributed by atoms with van der Waals surface area (Å²) in [5, 5.41) is 2.64. The Kier molecular flexibility index (Phi) is 5.65. The van der Waals surface area contributed by atoms with Gasteiger partial charge >= 0.3 is 12.0 Å². The molecule has 2 amide bonds. The molecule has 2 rings (SSSR count). The molecule has 0 bridgehead atoms. The standard InChI is InChI=1S/C18H24F2N2O3/c1-17(2,3)21-16(24)25-14-9-10-22(12-14)15(23)18(19,20)11-13-7-5-4-6-8-13/h4-8,14H,9-12H2,1-3H3,(H,21,24). The third-order valence-electron chi connectivity index (χ3n) is 3.76. The number of nitrogens with one attached hydrogen (secondary N) is 1. The fraction of sp³-hybridized carbons (Fsp3) is 0.556. The molecule has 0 aliphatic carbocycles. The molecular formula is C18H24F2N2O3. The highest BCUT2D eigenvalue weighted by atomic mass is 19.3. The molecule has 1 atom stereocenters. The van der Waals surface area contributed by atoms with Gasteiger partial charge in [-0.2, -0.15) is 8.78 Å². The number of hydrogen-bond donors (Lipinski definition) is 1. The number of hydrogen-bond acceptors (Lipinski definition) is 3. The SMILES string of the molecule is CC(C)(C)NC(=O)OC1CCN(C(=O)C(F)(F)Cc2ccccc2)C1. The minimum absolute atomic E-state index is 0.0131. The first-order chi connectivity index (χ1) is 11.6. The van der Waals surface area contributed by atoms with Crippen LogP contribution in [0.4, 0.5) is 13.6 Å². The summed E-state index contributed by atoms with van der Waals surface area (Å²) in [6, 6.07) is 8.17. The van der Waals surface area contributed by atoms with Gasteiger partial charge in [-0.3, -0.25) is 4.79 Å².